The average molecular weight is 212 g/mol. The average Bonchev–Trinajstić information content (AvgIpc) is 2.11. The van der Waals surface area contributed by atoms with Gasteiger partial charge >= 0.3 is 0 Å². The first-order chi connectivity index (χ1) is 7.06. The maximum atomic E-state index is 4.42. The molecule has 0 aliphatic heterocycles. The molecule has 0 radical (unpaired) electrons. The summed E-state index contributed by atoms with van der Waals surface area (Å²) in [6, 6.07) is 0. The number of aliphatic imine (C=N–C) groups is 2. The lowest BCUT2D eigenvalue weighted by atomic mass is 10.4. The minimum atomic E-state index is 0.760. The van der Waals surface area contributed by atoms with Crippen molar-refractivity contribution in [2.24, 2.45) is 9.98 Å². The predicted octanol–water partition coefficient (Wildman–Crippen LogP) is 1.38. The Labute approximate surface area is 93.5 Å². The van der Waals surface area contributed by atoms with E-state index >= 15 is 0 Å². The maximum absolute atomic E-state index is 4.42. The molecule has 0 saturated heterocycles. The molecule has 0 aliphatic rings. The summed E-state index contributed by atoms with van der Waals surface area (Å²) < 4.78 is 0. The molecule has 0 atom stereocenters. The normalized spacial score (nSPS) is 11.7. The van der Waals surface area contributed by atoms with Gasteiger partial charge in [0, 0.05) is 18.8 Å². The molecule has 0 fully saturated rings. The Balaban J connectivity index is 4.00. The van der Waals surface area contributed by atoms with Crippen LogP contribution in [0.5, 0.6) is 0 Å². The van der Waals surface area contributed by atoms with Crippen LogP contribution in [0.1, 0.15) is 27.2 Å². The zero-order valence-corrected chi connectivity index (χ0v) is 10.7. The predicted molar refractivity (Wildman–Crippen MR) is 67.9 cm³/mol. The van der Waals surface area contributed by atoms with Gasteiger partial charge in [-0.15, -0.1) is 0 Å². The van der Waals surface area contributed by atoms with Crippen molar-refractivity contribution in [2.45, 2.75) is 27.2 Å². The van der Waals surface area contributed by atoms with E-state index in [1.54, 1.807) is 0 Å². The van der Waals surface area contributed by atoms with Crippen LogP contribution in [-0.4, -0.2) is 50.3 Å². The highest BCUT2D eigenvalue weighted by Crippen LogP contribution is 1.87. The van der Waals surface area contributed by atoms with E-state index in [0.29, 0.717) is 0 Å². The van der Waals surface area contributed by atoms with E-state index in [-0.39, 0.29) is 0 Å². The molecule has 0 aliphatic carbocycles. The van der Waals surface area contributed by atoms with Gasteiger partial charge in [0.1, 0.15) is 0 Å². The number of guanidine groups is 1. The summed E-state index contributed by atoms with van der Waals surface area (Å²) in [7, 11) is 4.15. The van der Waals surface area contributed by atoms with E-state index in [4.69, 9.17) is 0 Å². The zero-order chi connectivity index (χ0) is 11.7. The molecule has 15 heavy (non-hydrogen) atoms. The van der Waals surface area contributed by atoms with Gasteiger partial charge in [0.25, 0.3) is 0 Å². The number of nitrogens with one attached hydrogen (secondary N) is 1. The van der Waals surface area contributed by atoms with Gasteiger partial charge in [0.05, 0.1) is 0 Å². The highest BCUT2D eigenvalue weighted by atomic mass is 15.1. The van der Waals surface area contributed by atoms with Gasteiger partial charge in [-0.1, -0.05) is 0 Å². The first-order valence-corrected chi connectivity index (χ1v) is 5.51. The summed E-state index contributed by atoms with van der Waals surface area (Å²) in [5, 5.41) is 3.15. The van der Waals surface area contributed by atoms with Gasteiger partial charge in [-0.3, -0.25) is 4.99 Å². The fourth-order valence-electron chi connectivity index (χ4n) is 1.07. The largest absolute Gasteiger partial charge is 0.355 e. The van der Waals surface area contributed by atoms with Crippen LogP contribution in [0.2, 0.25) is 0 Å². The minimum absolute atomic E-state index is 0.760. The number of nitrogens with zero attached hydrogens (tertiary/aromatic N) is 3. The third kappa shape index (κ3) is 9.41. The van der Waals surface area contributed by atoms with E-state index in [0.717, 1.165) is 37.7 Å². The van der Waals surface area contributed by atoms with Gasteiger partial charge in [-0.25, -0.2) is 4.99 Å². The molecule has 0 saturated carbocycles. The van der Waals surface area contributed by atoms with Crippen LogP contribution in [0.3, 0.4) is 0 Å². The highest BCUT2D eigenvalue weighted by molar-refractivity contribution is 5.94. The van der Waals surface area contributed by atoms with E-state index in [1.807, 2.05) is 13.8 Å². The summed E-state index contributed by atoms with van der Waals surface area (Å²) in [4.78, 5) is 10.9. The Morgan fingerprint density at radius 2 is 1.93 bits per heavy atom. The van der Waals surface area contributed by atoms with Crippen molar-refractivity contribution >= 4 is 11.7 Å². The van der Waals surface area contributed by atoms with E-state index in [9.17, 15) is 0 Å². The molecular weight excluding hydrogens is 188 g/mol. The van der Waals surface area contributed by atoms with Gasteiger partial charge in [-0.05, 0) is 47.8 Å². The minimum Gasteiger partial charge on any atom is -0.355 e. The van der Waals surface area contributed by atoms with Crippen LogP contribution in [0.15, 0.2) is 9.98 Å². The van der Waals surface area contributed by atoms with Crippen LogP contribution < -0.4 is 5.32 Å². The summed E-state index contributed by atoms with van der Waals surface area (Å²) in [6.45, 7) is 8.77. The molecule has 0 amide bonds. The quantitative estimate of drug-likeness (QED) is 0.425. The second kappa shape index (κ2) is 8.41. The smallest absolute Gasteiger partial charge is 0.217 e. The third-order valence-corrected chi connectivity index (χ3v) is 1.69. The monoisotopic (exact) mass is 212 g/mol. The van der Waals surface area contributed by atoms with Gasteiger partial charge in [0.15, 0.2) is 0 Å². The van der Waals surface area contributed by atoms with Crippen molar-refractivity contribution in [3.05, 3.63) is 0 Å². The second-order valence-corrected chi connectivity index (χ2v) is 3.95. The van der Waals surface area contributed by atoms with Gasteiger partial charge < -0.3 is 10.2 Å². The Hall–Kier alpha value is -0.900. The van der Waals surface area contributed by atoms with E-state index < -0.39 is 0 Å². The molecule has 4 nitrogen and oxygen atoms in total. The summed E-state index contributed by atoms with van der Waals surface area (Å²) in [5.41, 5.74) is 1.03. The first-order valence-electron chi connectivity index (χ1n) is 5.51. The van der Waals surface area contributed by atoms with Crippen LogP contribution in [0.4, 0.5) is 0 Å². The fourth-order valence-corrected chi connectivity index (χ4v) is 1.07. The lowest BCUT2D eigenvalue weighted by Crippen LogP contribution is -2.22. The van der Waals surface area contributed by atoms with Crippen molar-refractivity contribution in [2.75, 3.05) is 33.7 Å². The van der Waals surface area contributed by atoms with Crippen LogP contribution in [0.25, 0.3) is 0 Å². The van der Waals surface area contributed by atoms with Crippen molar-refractivity contribution in [1.29, 1.82) is 0 Å². The molecule has 88 valence electrons. The fraction of sp³-hybridized carbons (Fsp3) is 0.818. The van der Waals surface area contributed by atoms with E-state index in [2.05, 4.69) is 41.2 Å². The van der Waals surface area contributed by atoms with Crippen LogP contribution >= 0.6 is 0 Å². The SMILES string of the molecule is CCN/C(N=C(C)C)=N\CCCN(C)C. The number of rotatable bonds is 5. The zero-order valence-electron chi connectivity index (χ0n) is 10.7. The lowest BCUT2D eigenvalue weighted by molar-refractivity contribution is 0.403. The van der Waals surface area contributed by atoms with Crippen molar-refractivity contribution in [3.8, 4) is 0 Å². The van der Waals surface area contributed by atoms with Crippen molar-refractivity contribution < 1.29 is 0 Å². The molecule has 0 aromatic heterocycles. The molecule has 1 N–H and O–H groups in total. The molecule has 0 spiro atoms. The standard InChI is InChI=1S/C11H24N4/c1-6-12-11(14-10(2)3)13-8-7-9-15(4)5/h6-9H2,1-5H3,(H,12,13). The lowest BCUT2D eigenvalue weighted by Gasteiger charge is -2.08. The molecule has 4 heteroatoms. The molecule has 0 unspecified atom stereocenters. The van der Waals surface area contributed by atoms with Gasteiger partial charge in [0.2, 0.25) is 5.96 Å². The maximum Gasteiger partial charge on any atom is 0.217 e. The van der Waals surface area contributed by atoms with Gasteiger partial charge in [-0.2, -0.15) is 0 Å². The van der Waals surface area contributed by atoms with Crippen LogP contribution in [0, 0.1) is 0 Å². The second-order valence-electron chi connectivity index (χ2n) is 3.95. The highest BCUT2D eigenvalue weighted by Gasteiger charge is 1.94. The molecular formula is C11H24N4. The summed E-state index contributed by atoms with van der Waals surface area (Å²) >= 11 is 0. The molecule has 0 aromatic carbocycles. The Morgan fingerprint density at radius 3 is 2.40 bits per heavy atom. The van der Waals surface area contributed by atoms with Crippen molar-refractivity contribution in [3.63, 3.8) is 0 Å². The Bertz CT molecular complexity index is 215. The van der Waals surface area contributed by atoms with E-state index in [1.165, 1.54) is 0 Å². The number of hydrogen-bond acceptors (Lipinski definition) is 2. The topological polar surface area (TPSA) is 40.0 Å². The molecule has 0 bridgehead atoms. The molecule has 0 aromatic rings. The Morgan fingerprint density at radius 1 is 1.27 bits per heavy atom. The van der Waals surface area contributed by atoms with Crippen LogP contribution in [-0.2, 0) is 0 Å². The first kappa shape index (κ1) is 14.1. The summed E-state index contributed by atoms with van der Waals surface area (Å²) in [6.07, 6.45) is 1.07. The summed E-state index contributed by atoms with van der Waals surface area (Å²) in [5.74, 6) is 0.760. The molecule has 0 heterocycles. The third-order valence-electron chi connectivity index (χ3n) is 1.69. The van der Waals surface area contributed by atoms with Crippen molar-refractivity contribution in [1.82, 2.24) is 10.2 Å². The Kier molecular flexibility index (Phi) is 7.91. The number of hydrogen-bond donors (Lipinski definition) is 1. The molecule has 0 rings (SSSR count).